The van der Waals surface area contributed by atoms with Gasteiger partial charge in [-0.2, -0.15) is 0 Å². The minimum atomic E-state index is -0.535. The summed E-state index contributed by atoms with van der Waals surface area (Å²) in [5.74, 6) is -0.559. The van der Waals surface area contributed by atoms with E-state index in [4.69, 9.17) is 11.6 Å². The Morgan fingerprint density at radius 3 is 2.62 bits per heavy atom. The second kappa shape index (κ2) is 6.96. The summed E-state index contributed by atoms with van der Waals surface area (Å²) < 4.78 is 13.6. The molecule has 0 atom stereocenters. The van der Waals surface area contributed by atoms with Crippen LogP contribution in [0.15, 0.2) is 41.3 Å². The molecule has 0 aliphatic heterocycles. The maximum atomic E-state index is 13.6. The monoisotopic (exact) mass is 323 g/mol. The zero-order valence-corrected chi connectivity index (χ0v) is 13.3. The fourth-order valence-corrected chi connectivity index (χ4v) is 2.68. The van der Waals surface area contributed by atoms with Gasteiger partial charge in [0, 0.05) is 9.92 Å². The number of hydrogen-bond acceptors (Lipinski definition) is 2. The summed E-state index contributed by atoms with van der Waals surface area (Å²) in [5, 5.41) is 2.84. The number of hydrogen-bond donors (Lipinski definition) is 1. The smallest absolute Gasteiger partial charge is 0.234 e. The molecule has 21 heavy (non-hydrogen) atoms. The summed E-state index contributed by atoms with van der Waals surface area (Å²) in [4.78, 5) is 12.9. The van der Waals surface area contributed by atoms with Gasteiger partial charge in [-0.1, -0.05) is 17.7 Å². The van der Waals surface area contributed by atoms with Crippen molar-refractivity contribution in [3.63, 3.8) is 0 Å². The minimum absolute atomic E-state index is 0.144. The lowest BCUT2D eigenvalue weighted by molar-refractivity contribution is -0.113. The van der Waals surface area contributed by atoms with Crippen molar-refractivity contribution in [3.05, 3.63) is 58.4 Å². The molecule has 2 aromatic rings. The molecule has 0 saturated heterocycles. The number of nitrogens with one attached hydrogen (secondary N) is 1. The number of rotatable bonds is 4. The van der Waals surface area contributed by atoms with E-state index in [1.54, 1.807) is 0 Å². The van der Waals surface area contributed by atoms with E-state index >= 15 is 0 Å². The Kier molecular flexibility index (Phi) is 5.26. The molecule has 0 aliphatic rings. The highest BCUT2D eigenvalue weighted by molar-refractivity contribution is 8.00. The van der Waals surface area contributed by atoms with Crippen molar-refractivity contribution in [2.45, 2.75) is 18.7 Å². The number of aryl methyl sites for hydroxylation is 2. The summed E-state index contributed by atoms with van der Waals surface area (Å²) in [6.45, 7) is 4.07. The third kappa shape index (κ3) is 4.48. The Bertz CT molecular complexity index is 675. The zero-order chi connectivity index (χ0) is 15.4. The van der Waals surface area contributed by atoms with Gasteiger partial charge in [-0.05, 0) is 55.3 Å². The second-order valence-electron chi connectivity index (χ2n) is 4.71. The van der Waals surface area contributed by atoms with Crippen LogP contribution in [0.1, 0.15) is 11.1 Å². The molecule has 2 nitrogen and oxygen atoms in total. The Morgan fingerprint density at radius 1 is 1.19 bits per heavy atom. The molecule has 2 aromatic carbocycles. The number of anilines is 1. The van der Waals surface area contributed by atoms with Crippen LogP contribution in [0.4, 0.5) is 10.1 Å². The Balaban J connectivity index is 1.94. The third-order valence-corrected chi connectivity index (χ3v) is 4.28. The lowest BCUT2D eigenvalue weighted by Crippen LogP contribution is -2.15. The maximum absolute atomic E-state index is 13.6. The Morgan fingerprint density at radius 2 is 1.95 bits per heavy atom. The van der Waals surface area contributed by atoms with Gasteiger partial charge in [-0.15, -0.1) is 11.8 Å². The van der Waals surface area contributed by atoms with Crippen molar-refractivity contribution in [1.29, 1.82) is 0 Å². The molecule has 1 N–H and O–H groups in total. The average molecular weight is 324 g/mol. The average Bonchev–Trinajstić information content (AvgIpc) is 2.43. The van der Waals surface area contributed by atoms with Crippen LogP contribution < -0.4 is 5.32 Å². The molecule has 0 spiro atoms. The highest BCUT2D eigenvalue weighted by Gasteiger charge is 2.08. The van der Waals surface area contributed by atoms with Crippen LogP contribution in [0.2, 0.25) is 5.02 Å². The Hall–Kier alpha value is -1.52. The second-order valence-corrected chi connectivity index (χ2v) is 6.19. The van der Waals surface area contributed by atoms with E-state index < -0.39 is 5.82 Å². The van der Waals surface area contributed by atoms with E-state index in [9.17, 15) is 9.18 Å². The fraction of sp³-hybridized carbons (Fsp3) is 0.188. The quantitative estimate of drug-likeness (QED) is 0.817. The summed E-state index contributed by atoms with van der Waals surface area (Å²) >= 11 is 7.08. The van der Waals surface area contributed by atoms with Gasteiger partial charge in [-0.3, -0.25) is 4.79 Å². The lowest BCUT2D eigenvalue weighted by Gasteiger charge is -2.07. The number of carbonyl (C=O) groups excluding carboxylic acids is 1. The van der Waals surface area contributed by atoms with Crippen molar-refractivity contribution in [1.82, 2.24) is 0 Å². The van der Waals surface area contributed by atoms with Gasteiger partial charge in [0.1, 0.15) is 5.82 Å². The first-order chi connectivity index (χ1) is 9.95. The van der Waals surface area contributed by atoms with Crippen molar-refractivity contribution < 1.29 is 9.18 Å². The van der Waals surface area contributed by atoms with Crippen molar-refractivity contribution >= 4 is 35.0 Å². The number of thioether (sulfide) groups is 1. The highest BCUT2D eigenvalue weighted by Crippen LogP contribution is 2.22. The summed E-state index contributed by atoms with van der Waals surface area (Å²) in [6, 6.07) is 10.2. The Labute approximate surface area is 132 Å². The number of amides is 1. The largest absolute Gasteiger partial charge is 0.323 e. The van der Waals surface area contributed by atoms with Gasteiger partial charge >= 0.3 is 0 Å². The molecule has 2 rings (SSSR count). The van der Waals surface area contributed by atoms with E-state index in [1.165, 1.54) is 41.1 Å². The van der Waals surface area contributed by atoms with Crippen molar-refractivity contribution in [2.75, 3.05) is 11.1 Å². The van der Waals surface area contributed by atoms with Gasteiger partial charge in [0.25, 0.3) is 0 Å². The molecule has 0 saturated carbocycles. The standard InChI is InChI=1S/C16H15ClFNOS/c1-10-3-5-13(7-11(10)2)21-9-16(20)19-15-6-4-12(17)8-14(15)18/h3-8H,9H2,1-2H3,(H,19,20). The fourth-order valence-electron chi connectivity index (χ4n) is 1.73. The van der Waals surface area contributed by atoms with Crippen LogP contribution in [0.25, 0.3) is 0 Å². The van der Waals surface area contributed by atoms with Crippen molar-refractivity contribution in [2.24, 2.45) is 0 Å². The van der Waals surface area contributed by atoms with E-state index in [0.29, 0.717) is 5.02 Å². The van der Waals surface area contributed by atoms with E-state index in [2.05, 4.69) is 5.32 Å². The molecule has 110 valence electrons. The molecular formula is C16H15ClFNOS. The normalized spacial score (nSPS) is 10.5. The first kappa shape index (κ1) is 15.9. The van der Waals surface area contributed by atoms with Crippen LogP contribution in [-0.4, -0.2) is 11.7 Å². The highest BCUT2D eigenvalue weighted by atomic mass is 35.5. The molecule has 0 bridgehead atoms. The van der Waals surface area contributed by atoms with Crippen LogP contribution in [-0.2, 0) is 4.79 Å². The van der Waals surface area contributed by atoms with E-state index in [-0.39, 0.29) is 17.3 Å². The van der Waals surface area contributed by atoms with Gasteiger partial charge in [0.2, 0.25) is 5.91 Å². The van der Waals surface area contributed by atoms with Gasteiger partial charge in [0.05, 0.1) is 11.4 Å². The molecular weight excluding hydrogens is 309 g/mol. The van der Waals surface area contributed by atoms with E-state index in [0.717, 1.165) is 4.90 Å². The topological polar surface area (TPSA) is 29.1 Å². The zero-order valence-electron chi connectivity index (χ0n) is 11.7. The molecule has 0 fully saturated rings. The number of halogens is 2. The lowest BCUT2D eigenvalue weighted by atomic mass is 10.1. The molecule has 0 unspecified atom stereocenters. The SMILES string of the molecule is Cc1ccc(SCC(=O)Nc2ccc(Cl)cc2F)cc1C. The summed E-state index contributed by atoms with van der Waals surface area (Å²) in [6.07, 6.45) is 0. The van der Waals surface area contributed by atoms with Crippen LogP contribution in [0, 0.1) is 19.7 Å². The summed E-state index contributed by atoms with van der Waals surface area (Å²) in [5.41, 5.74) is 2.54. The summed E-state index contributed by atoms with van der Waals surface area (Å²) in [7, 11) is 0. The van der Waals surface area contributed by atoms with Crippen molar-refractivity contribution in [3.8, 4) is 0 Å². The molecule has 0 radical (unpaired) electrons. The molecule has 0 heterocycles. The maximum Gasteiger partial charge on any atom is 0.234 e. The van der Waals surface area contributed by atoms with Crippen LogP contribution in [0.3, 0.4) is 0 Å². The number of carbonyl (C=O) groups is 1. The van der Waals surface area contributed by atoms with Gasteiger partial charge in [-0.25, -0.2) is 4.39 Å². The predicted molar refractivity (Wildman–Crippen MR) is 86.7 cm³/mol. The molecule has 0 aliphatic carbocycles. The van der Waals surface area contributed by atoms with Gasteiger partial charge < -0.3 is 5.32 Å². The first-order valence-corrected chi connectivity index (χ1v) is 7.77. The first-order valence-electron chi connectivity index (χ1n) is 6.40. The van der Waals surface area contributed by atoms with Gasteiger partial charge in [0.15, 0.2) is 0 Å². The predicted octanol–water partition coefficient (Wildman–Crippen LogP) is 4.83. The minimum Gasteiger partial charge on any atom is -0.323 e. The van der Waals surface area contributed by atoms with Crippen LogP contribution in [0.5, 0.6) is 0 Å². The molecule has 5 heteroatoms. The number of benzene rings is 2. The third-order valence-electron chi connectivity index (χ3n) is 3.05. The van der Waals surface area contributed by atoms with Crippen LogP contribution >= 0.6 is 23.4 Å². The molecule has 1 amide bonds. The van der Waals surface area contributed by atoms with E-state index in [1.807, 2.05) is 32.0 Å². The molecule has 0 aromatic heterocycles.